The van der Waals surface area contributed by atoms with Crippen molar-refractivity contribution in [3.05, 3.63) is 63.2 Å². The summed E-state index contributed by atoms with van der Waals surface area (Å²) < 4.78 is 0. The van der Waals surface area contributed by atoms with Crippen LogP contribution >= 0.6 is 34.8 Å². The summed E-state index contributed by atoms with van der Waals surface area (Å²) in [5.41, 5.74) is 2.28. The third-order valence-corrected chi connectivity index (χ3v) is 4.33. The summed E-state index contributed by atoms with van der Waals surface area (Å²) in [6.07, 6.45) is 1.51. The summed E-state index contributed by atoms with van der Waals surface area (Å²) in [4.78, 5) is 4.36. The average Bonchev–Trinajstić information content (AvgIpc) is 2.56. The minimum atomic E-state index is 0.273. The van der Waals surface area contributed by atoms with E-state index in [1.54, 1.807) is 18.2 Å². The third kappa shape index (κ3) is 3.70. The van der Waals surface area contributed by atoms with Crippen molar-refractivity contribution in [3.63, 3.8) is 0 Å². The van der Waals surface area contributed by atoms with E-state index in [-0.39, 0.29) is 5.95 Å². The summed E-state index contributed by atoms with van der Waals surface area (Å²) >= 11 is 18.4. The van der Waals surface area contributed by atoms with E-state index >= 15 is 0 Å². The molecule has 0 saturated heterocycles. The second kappa shape index (κ2) is 7.21. The van der Waals surface area contributed by atoms with Crippen LogP contribution in [-0.4, -0.2) is 15.2 Å². The number of hydrogen-bond acceptors (Lipinski definition) is 5. The second-order valence-corrected chi connectivity index (χ2v) is 6.15. The van der Waals surface area contributed by atoms with Gasteiger partial charge in [0.1, 0.15) is 0 Å². The predicted molar refractivity (Wildman–Crippen MR) is 99.0 cm³/mol. The Hall–Kier alpha value is -2.08. The maximum atomic E-state index is 6.13. The highest BCUT2D eigenvalue weighted by molar-refractivity contribution is 6.39. The Morgan fingerprint density at radius 2 is 1.54 bits per heavy atom. The first kappa shape index (κ1) is 16.8. The van der Waals surface area contributed by atoms with E-state index in [1.165, 1.54) is 6.20 Å². The van der Waals surface area contributed by atoms with Crippen molar-refractivity contribution >= 4 is 57.9 Å². The first-order valence-corrected chi connectivity index (χ1v) is 8.11. The van der Waals surface area contributed by atoms with Crippen molar-refractivity contribution in [3.8, 4) is 0 Å². The maximum absolute atomic E-state index is 6.13. The lowest BCUT2D eigenvalue weighted by atomic mass is 10.2. The average molecular weight is 381 g/mol. The molecule has 0 aliphatic carbocycles. The molecule has 24 heavy (non-hydrogen) atoms. The zero-order valence-electron chi connectivity index (χ0n) is 12.5. The van der Waals surface area contributed by atoms with Crippen LogP contribution in [0.1, 0.15) is 5.56 Å². The Morgan fingerprint density at radius 1 is 0.875 bits per heavy atom. The van der Waals surface area contributed by atoms with Gasteiger partial charge in [-0.2, -0.15) is 10.1 Å². The number of anilines is 4. The van der Waals surface area contributed by atoms with Crippen molar-refractivity contribution in [2.45, 2.75) is 6.92 Å². The van der Waals surface area contributed by atoms with E-state index in [4.69, 9.17) is 34.8 Å². The summed E-state index contributed by atoms with van der Waals surface area (Å²) in [7, 11) is 0. The van der Waals surface area contributed by atoms with Gasteiger partial charge in [-0.05, 0) is 36.8 Å². The molecule has 1 aromatic heterocycles. The van der Waals surface area contributed by atoms with Gasteiger partial charge in [0.25, 0.3) is 0 Å². The molecule has 0 unspecified atom stereocenters. The van der Waals surface area contributed by atoms with Crippen molar-refractivity contribution < 1.29 is 0 Å². The molecule has 0 aliphatic rings. The molecule has 122 valence electrons. The number of aromatic nitrogens is 3. The second-order valence-electron chi connectivity index (χ2n) is 4.92. The molecule has 0 radical (unpaired) electrons. The van der Waals surface area contributed by atoms with Gasteiger partial charge < -0.3 is 10.6 Å². The van der Waals surface area contributed by atoms with Crippen LogP contribution in [-0.2, 0) is 0 Å². The van der Waals surface area contributed by atoms with E-state index in [0.717, 1.165) is 11.3 Å². The van der Waals surface area contributed by atoms with Crippen molar-refractivity contribution in [2.75, 3.05) is 10.6 Å². The van der Waals surface area contributed by atoms with Crippen LogP contribution in [0.15, 0.2) is 42.6 Å². The molecule has 0 amide bonds. The Bertz CT molecular complexity index is 865. The number of nitrogens with zero attached hydrogens (tertiary/aromatic N) is 3. The number of para-hydroxylation sites is 1. The smallest absolute Gasteiger partial charge is 0.249 e. The fourth-order valence-electron chi connectivity index (χ4n) is 2.03. The molecule has 2 aromatic carbocycles. The lowest BCUT2D eigenvalue weighted by Gasteiger charge is -2.11. The highest BCUT2D eigenvalue weighted by atomic mass is 35.5. The standard InChI is InChI=1S/C16H12Cl3N5/c1-9-10(17)4-3-7-13(9)21-14-8-20-24-16(22-14)23-15-11(18)5-2-6-12(15)19/h2-8H,1H3,(H2,21,22,23,24). The van der Waals surface area contributed by atoms with E-state index in [0.29, 0.717) is 26.6 Å². The molecular formula is C16H12Cl3N5. The minimum Gasteiger partial charge on any atom is -0.339 e. The molecule has 0 spiro atoms. The lowest BCUT2D eigenvalue weighted by molar-refractivity contribution is 0.982. The van der Waals surface area contributed by atoms with Crippen LogP contribution in [0, 0.1) is 6.92 Å². The SMILES string of the molecule is Cc1c(Cl)cccc1Nc1cnnc(Nc2c(Cl)cccc2Cl)n1. The van der Waals surface area contributed by atoms with Crippen LogP contribution in [0.3, 0.4) is 0 Å². The summed E-state index contributed by atoms with van der Waals surface area (Å²) in [5.74, 6) is 0.788. The Kier molecular flexibility index (Phi) is 5.04. The normalized spacial score (nSPS) is 10.5. The van der Waals surface area contributed by atoms with Gasteiger partial charge in [0.2, 0.25) is 5.95 Å². The largest absolute Gasteiger partial charge is 0.339 e. The molecule has 0 fully saturated rings. The van der Waals surface area contributed by atoms with Gasteiger partial charge in [0, 0.05) is 10.7 Å². The van der Waals surface area contributed by atoms with Crippen molar-refractivity contribution in [1.82, 2.24) is 15.2 Å². The van der Waals surface area contributed by atoms with Crippen molar-refractivity contribution in [2.24, 2.45) is 0 Å². The van der Waals surface area contributed by atoms with E-state index < -0.39 is 0 Å². The van der Waals surface area contributed by atoms with Gasteiger partial charge in [0.05, 0.1) is 21.9 Å². The number of benzene rings is 2. The summed E-state index contributed by atoms with van der Waals surface area (Å²) in [6, 6.07) is 10.8. The van der Waals surface area contributed by atoms with Gasteiger partial charge in [-0.3, -0.25) is 0 Å². The fourth-order valence-corrected chi connectivity index (χ4v) is 2.69. The molecule has 3 aromatic rings. The monoisotopic (exact) mass is 379 g/mol. The molecule has 0 saturated carbocycles. The van der Waals surface area contributed by atoms with Gasteiger partial charge in [-0.25, -0.2) is 0 Å². The number of hydrogen-bond donors (Lipinski definition) is 2. The van der Waals surface area contributed by atoms with Gasteiger partial charge in [-0.1, -0.05) is 46.9 Å². The zero-order valence-corrected chi connectivity index (χ0v) is 14.8. The lowest BCUT2D eigenvalue weighted by Crippen LogP contribution is -2.03. The van der Waals surface area contributed by atoms with Crippen molar-refractivity contribution in [1.29, 1.82) is 0 Å². The van der Waals surface area contributed by atoms with Crippen LogP contribution in [0.25, 0.3) is 0 Å². The number of rotatable bonds is 4. The van der Waals surface area contributed by atoms with E-state index in [1.807, 2.05) is 25.1 Å². The maximum Gasteiger partial charge on any atom is 0.249 e. The van der Waals surface area contributed by atoms with E-state index in [9.17, 15) is 0 Å². The number of halogens is 3. The number of nitrogens with one attached hydrogen (secondary N) is 2. The predicted octanol–water partition coefficient (Wildman–Crippen LogP) is 5.63. The highest BCUT2D eigenvalue weighted by Gasteiger charge is 2.09. The van der Waals surface area contributed by atoms with Gasteiger partial charge >= 0.3 is 0 Å². The van der Waals surface area contributed by atoms with Crippen LogP contribution in [0.5, 0.6) is 0 Å². The first-order chi connectivity index (χ1) is 11.5. The third-order valence-electron chi connectivity index (χ3n) is 3.29. The Balaban J connectivity index is 1.86. The summed E-state index contributed by atoms with van der Waals surface area (Å²) in [6.45, 7) is 1.92. The molecule has 5 nitrogen and oxygen atoms in total. The first-order valence-electron chi connectivity index (χ1n) is 6.97. The molecule has 0 bridgehead atoms. The van der Waals surface area contributed by atoms with E-state index in [2.05, 4.69) is 25.8 Å². The zero-order chi connectivity index (χ0) is 17.1. The molecule has 0 aliphatic heterocycles. The highest BCUT2D eigenvalue weighted by Crippen LogP contribution is 2.32. The minimum absolute atomic E-state index is 0.273. The molecule has 2 N–H and O–H groups in total. The fraction of sp³-hybridized carbons (Fsp3) is 0.0625. The topological polar surface area (TPSA) is 62.7 Å². The molecule has 1 heterocycles. The van der Waals surface area contributed by atoms with Crippen LogP contribution in [0.2, 0.25) is 15.1 Å². The van der Waals surface area contributed by atoms with Gasteiger partial charge in [-0.15, -0.1) is 5.10 Å². The Labute approximate surface area is 154 Å². The molecule has 8 heteroatoms. The quantitative estimate of drug-likeness (QED) is 0.614. The molecule has 0 atom stereocenters. The Morgan fingerprint density at radius 3 is 2.29 bits per heavy atom. The van der Waals surface area contributed by atoms with Crippen LogP contribution < -0.4 is 10.6 Å². The molecule has 3 rings (SSSR count). The van der Waals surface area contributed by atoms with Gasteiger partial charge in [0.15, 0.2) is 5.82 Å². The molecular weight excluding hydrogens is 369 g/mol. The summed E-state index contributed by atoms with van der Waals surface area (Å²) in [5, 5.41) is 15.6. The van der Waals surface area contributed by atoms with Crippen LogP contribution in [0.4, 0.5) is 23.1 Å².